The summed E-state index contributed by atoms with van der Waals surface area (Å²) >= 11 is 0. The Morgan fingerprint density at radius 1 is 1.12 bits per heavy atom. The molecule has 33 heavy (non-hydrogen) atoms. The van der Waals surface area contributed by atoms with E-state index in [4.69, 9.17) is 15.3 Å². The molecule has 4 rings (SSSR count). The van der Waals surface area contributed by atoms with E-state index in [9.17, 15) is 9.59 Å². The highest BCUT2D eigenvalue weighted by atomic mass is 16.6. The van der Waals surface area contributed by atoms with Crippen molar-refractivity contribution in [2.24, 2.45) is 10.9 Å². The smallest absolute Gasteiger partial charge is 0.270 e. The minimum Gasteiger partial charge on any atom is -0.497 e. The molecule has 3 N–H and O–H groups in total. The van der Waals surface area contributed by atoms with Crippen LogP contribution in [0.4, 0.5) is 0 Å². The van der Waals surface area contributed by atoms with Crippen LogP contribution < -0.4 is 15.8 Å². The maximum absolute atomic E-state index is 12.7. The monoisotopic (exact) mass is 445 g/mol. The van der Waals surface area contributed by atoms with Crippen LogP contribution in [-0.4, -0.2) is 34.6 Å². The molecule has 2 amide bonds. The van der Waals surface area contributed by atoms with Gasteiger partial charge in [-0.05, 0) is 48.4 Å². The Bertz CT molecular complexity index is 1210. The van der Waals surface area contributed by atoms with Crippen molar-refractivity contribution < 1.29 is 19.2 Å². The third-order valence-electron chi connectivity index (χ3n) is 5.21. The minimum atomic E-state index is -0.486. The summed E-state index contributed by atoms with van der Waals surface area (Å²) in [6, 6.07) is 15.9. The lowest BCUT2D eigenvalue weighted by Crippen LogP contribution is -2.25. The summed E-state index contributed by atoms with van der Waals surface area (Å²) in [7, 11) is 1.60. The Kier molecular flexibility index (Phi) is 6.30. The van der Waals surface area contributed by atoms with Crippen molar-refractivity contribution in [3.05, 3.63) is 88.5 Å². The summed E-state index contributed by atoms with van der Waals surface area (Å²) in [5, 5.41) is 7.03. The zero-order chi connectivity index (χ0) is 23.4. The number of oxime groups is 1. The molecular weight excluding hydrogens is 422 g/mol. The van der Waals surface area contributed by atoms with Gasteiger partial charge in [-0.15, -0.1) is 0 Å². The summed E-state index contributed by atoms with van der Waals surface area (Å²) in [5.41, 5.74) is 8.92. The van der Waals surface area contributed by atoms with Gasteiger partial charge in [-0.3, -0.25) is 9.59 Å². The molecule has 1 aliphatic rings. The first-order chi connectivity index (χ1) is 15.9. The standard InChI is InChI=1S/C24H23N5O4/c1-14-27-19(20-12-22(33-29-20)16-5-7-17(8-6-16)23(25)30)11-21(28-14)24(31)26-13-15-3-9-18(32-2)10-4-15/h3-11,22H,12-13H2,1-2H3,(H2,25,30)(H,26,31). The lowest BCUT2D eigenvalue weighted by atomic mass is 10.0. The molecule has 1 aromatic heterocycles. The molecule has 3 aromatic rings. The van der Waals surface area contributed by atoms with Crippen LogP contribution >= 0.6 is 0 Å². The summed E-state index contributed by atoms with van der Waals surface area (Å²) in [5.74, 6) is 0.414. The molecule has 0 spiro atoms. The number of amides is 2. The van der Waals surface area contributed by atoms with Crippen LogP contribution in [-0.2, 0) is 11.4 Å². The van der Waals surface area contributed by atoms with E-state index in [0.717, 1.165) is 16.9 Å². The number of hydrogen-bond donors (Lipinski definition) is 2. The molecule has 0 radical (unpaired) electrons. The molecule has 1 unspecified atom stereocenters. The first kappa shape index (κ1) is 21.9. The van der Waals surface area contributed by atoms with Gasteiger partial charge >= 0.3 is 0 Å². The fourth-order valence-electron chi connectivity index (χ4n) is 3.42. The van der Waals surface area contributed by atoms with E-state index < -0.39 is 5.91 Å². The summed E-state index contributed by atoms with van der Waals surface area (Å²) in [6.45, 7) is 2.08. The van der Waals surface area contributed by atoms with Gasteiger partial charge in [0.25, 0.3) is 5.91 Å². The van der Waals surface area contributed by atoms with Crippen LogP contribution in [0.25, 0.3) is 0 Å². The predicted molar refractivity (Wildman–Crippen MR) is 121 cm³/mol. The van der Waals surface area contributed by atoms with E-state index in [1.54, 1.807) is 44.4 Å². The number of carbonyl (C=O) groups excluding carboxylic acids is 2. The van der Waals surface area contributed by atoms with Crippen LogP contribution in [0.1, 0.15) is 56.0 Å². The number of primary amides is 1. The van der Waals surface area contributed by atoms with Crippen LogP contribution in [0.2, 0.25) is 0 Å². The van der Waals surface area contributed by atoms with Crippen molar-refractivity contribution in [3.8, 4) is 5.75 Å². The van der Waals surface area contributed by atoms with Crippen molar-refractivity contribution in [1.29, 1.82) is 0 Å². The topological polar surface area (TPSA) is 129 Å². The van der Waals surface area contributed by atoms with Crippen molar-refractivity contribution in [2.45, 2.75) is 26.0 Å². The first-order valence-electron chi connectivity index (χ1n) is 10.3. The van der Waals surface area contributed by atoms with Gasteiger partial charge in [0.1, 0.15) is 23.0 Å². The fourth-order valence-corrected chi connectivity index (χ4v) is 3.42. The molecular formula is C24H23N5O4. The number of aromatic nitrogens is 2. The summed E-state index contributed by atoms with van der Waals surface area (Å²) in [6.07, 6.45) is 0.156. The maximum Gasteiger partial charge on any atom is 0.270 e. The van der Waals surface area contributed by atoms with Crippen molar-refractivity contribution in [3.63, 3.8) is 0 Å². The first-order valence-corrected chi connectivity index (χ1v) is 10.3. The third-order valence-corrected chi connectivity index (χ3v) is 5.21. The third kappa shape index (κ3) is 5.15. The number of benzene rings is 2. The molecule has 1 atom stereocenters. The molecule has 0 saturated carbocycles. The number of aryl methyl sites for hydroxylation is 1. The van der Waals surface area contributed by atoms with Gasteiger partial charge in [-0.2, -0.15) is 0 Å². The van der Waals surface area contributed by atoms with E-state index >= 15 is 0 Å². The molecule has 0 bridgehead atoms. The number of nitrogens with two attached hydrogens (primary N) is 1. The number of nitrogens with one attached hydrogen (secondary N) is 1. The van der Waals surface area contributed by atoms with E-state index in [0.29, 0.717) is 35.8 Å². The van der Waals surface area contributed by atoms with Gasteiger partial charge in [0.05, 0.1) is 12.8 Å². The minimum absolute atomic E-state index is 0.253. The van der Waals surface area contributed by atoms with Crippen LogP contribution in [0.3, 0.4) is 0 Å². The van der Waals surface area contributed by atoms with Crippen molar-refractivity contribution in [1.82, 2.24) is 15.3 Å². The van der Waals surface area contributed by atoms with Crippen LogP contribution in [0.15, 0.2) is 59.8 Å². The Hall–Kier alpha value is -4.27. The van der Waals surface area contributed by atoms with E-state index in [-0.39, 0.29) is 17.7 Å². The highest BCUT2D eigenvalue weighted by Crippen LogP contribution is 2.29. The van der Waals surface area contributed by atoms with Gasteiger partial charge in [0.15, 0.2) is 6.10 Å². The second kappa shape index (κ2) is 9.47. The number of hydrogen-bond acceptors (Lipinski definition) is 7. The zero-order valence-electron chi connectivity index (χ0n) is 18.2. The largest absolute Gasteiger partial charge is 0.497 e. The van der Waals surface area contributed by atoms with Crippen LogP contribution in [0, 0.1) is 6.92 Å². The number of ether oxygens (including phenoxy) is 1. The Morgan fingerprint density at radius 3 is 2.52 bits per heavy atom. The van der Waals surface area contributed by atoms with Gasteiger partial charge in [0.2, 0.25) is 5.91 Å². The molecule has 1 aliphatic heterocycles. The highest BCUT2D eigenvalue weighted by molar-refractivity contribution is 6.02. The summed E-state index contributed by atoms with van der Waals surface area (Å²) in [4.78, 5) is 38.2. The van der Waals surface area contributed by atoms with Gasteiger partial charge in [-0.25, -0.2) is 9.97 Å². The predicted octanol–water partition coefficient (Wildman–Crippen LogP) is 2.69. The number of methoxy groups -OCH3 is 1. The normalized spacial score (nSPS) is 14.8. The highest BCUT2D eigenvalue weighted by Gasteiger charge is 2.26. The molecule has 168 valence electrons. The van der Waals surface area contributed by atoms with Crippen molar-refractivity contribution >= 4 is 17.5 Å². The lowest BCUT2D eigenvalue weighted by molar-refractivity contribution is 0.0856. The lowest BCUT2D eigenvalue weighted by Gasteiger charge is -2.09. The van der Waals surface area contributed by atoms with Gasteiger partial charge < -0.3 is 20.6 Å². The summed E-state index contributed by atoms with van der Waals surface area (Å²) < 4.78 is 5.15. The molecule has 9 nitrogen and oxygen atoms in total. The second-order valence-corrected chi connectivity index (χ2v) is 7.54. The Balaban J connectivity index is 1.43. The average Bonchev–Trinajstić information content (AvgIpc) is 3.33. The molecule has 0 fully saturated rings. The second-order valence-electron chi connectivity index (χ2n) is 7.54. The van der Waals surface area contributed by atoms with E-state index in [1.807, 2.05) is 24.3 Å². The zero-order valence-corrected chi connectivity index (χ0v) is 18.2. The van der Waals surface area contributed by atoms with Crippen LogP contribution in [0.5, 0.6) is 5.75 Å². The average molecular weight is 445 g/mol. The van der Waals surface area contributed by atoms with E-state index in [1.165, 1.54) is 0 Å². The fraction of sp³-hybridized carbons (Fsp3) is 0.208. The van der Waals surface area contributed by atoms with E-state index in [2.05, 4.69) is 20.4 Å². The Morgan fingerprint density at radius 2 is 1.85 bits per heavy atom. The molecule has 0 aliphatic carbocycles. The molecule has 0 saturated heterocycles. The number of rotatable bonds is 7. The SMILES string of the molecule is COc1ccc(CNC(=O)c2cc(C3=NOC(c4ccc(C(N)=O)cc4)C3)nc(C)n2)cc1. The van der Waals surface area contributed by atoms with Gasteiger partial charge in [-0.1, -0.05) is 29.4 Å². The van der Waals surface area contributed by atoms with Gasteiger partial charge in [0, 0.05) is 18.5 Å². The van der Waals surface area contributed by atoms with Crippen molar-refractivity contribution in [2.75, 3.05) is 7.11 Å². The number of nitrogens with zero attached hydrogens (tertiary/aromatic N) is 3. The quantitative estimate of drug-likeness (QED) is 0.575. The molecule has 9 heteroatoms. The molecule has 2 aromatic carbocycles. The maximum atomic E-state index is 12.7. The molecule has 2 heterocycles. The number of carbonyl (C=O) groups is 2. The Labute approximate surface area is 190 Å².